The highest BCUT2D eigenvalue weighted by molar-refractivity contribution is 6.22. The molecule has 2 aromatic carbocycles. The molecule has 2 aliphatic rings. The lowest BCUT2D eigenvalue weighted by molar-refractivity contribution is -0.930. The first-order chi connectivity index (χ1) is 12.0. The molecule has 1 fully saturated rings. The molecule has 0 aromatic heterocycles. The van der Waals surface area contributed by atoms with Crippen molar-refractivity contribution in [1.29, 1.82) is 0 Å². The molecule has 25 heavy (non-hydrogen) atoms. The Morgan fingerprint density at radius 3 is 2.56 bits per heavy atom. The molecule has 1 unspecified atom stereocenters. The number of carbonyl (C=O) groups is 2. The Bertz CT molecular complexity index is 859. The van der Waals surface area contributed by atoms with Crippen LogP contribution in [0.3, 0.4) is 0 Å². The molecule has 128 valence electrons. The van der Waals surface area contributed by atoms with Crippen molar-refractivity contribution < 1.29 is 14.5 Å². The highest BCUT2D eigenvalue weighted by Gasteiger charge is 2.46. The van der Waals surface area contributed by atoms with Gasteiger partial charge in [-0.25, -0.2) is 4.90 Å². The largest absolute Gasteiger partial charge is 0.320 e. The fourth-order valence-corrected chi connectivity index (χ4v) is 4.16. The van der Waals surface area contributed by atoms with E-state index < -0.39 is 0 Å². The number of benzene rings is 2. The highest BCUT2D eigenvalue weighted by Crippen LogP contribution is 2.26. The molecule has 4 heteroatoms. The number of aryl methyl sites for hydroxylation is 2. The van der Waals surface area contributed by atoms with Gasteiger partial charge in [-0.3, -0.25) is 9.59 Å². The van der Waals surface area contributed by atoms with Crippen LogP contribution < -0.4 is 9.80 Å². The van der Waals surface area contributed by atoms with Crippen LogP contribution in [0.5, 0.6) is 0 Å². The lowest BCUT2D eigenvalue weighted by Crippen LogP contribution is -3.16. The fraction of sp³-hybridized carbons (Fsp3) is 0.333. The van der Waals surface area contributed by atoms with Gasteiger partial charge in [0.25, 0.3) is 5.91 Å². The zero-order valence-electron chi connectivity index (χ0n) is 14.7. The molecule has 4 nitrogen and oxygen atoms in total. The van der Waals surface area contributed by atoms with Crippen LogP contribution >= 0.6 is 0 Å². The molecule has 2 heterocycles. The fourth-order valence-electron chi connectivity index (χ4n) is 4.16. The summed E-state index contributed by atoms with van der Waals surface area (Å²) < 4.78 is 0. The Hall–Kier alpha value is -2.46. The van der Waals surface area contributed by atoms with E-state index in [0.29, 0.717) is 6.42 Å². The average Bonchev–Trinajstić information content (AvgIpc) is 2.89. The molecule has 2 aromatic rings. The first-order valence-corrected chi connectivity index (χ1v) is 8.90. The second kappa shape index (κ2) is 6.12. The van der Waals surface area contributed by atoms with Crippen molar-refractivity contribution in [2.24, 2.45) is 0 Å². The molecule has 2 atom stereocenters. The smallest absolute Gasteiger partial charge is 0.292 e. The summed E-state index contributed by atoms with van der Waals surface area (Å²) >= 11 is 0. The van der Waals surface area contributed by atoms with Gasteiger partial charge in [0, 0.05) is 12.0 Å². The number of carbonyl (C=O) groups excluding carboxylic acids is 2. The van der Waals surface area contributed by atoms with Crippen LogP contribution in [0.25, 0.3) is 0 Å². The van der Waals surface area contributed by atoms with Crippen LogP contribution in [0.2, 0.25) is 0 Å². The third-order valence-electron chi connectivity index (χ3n) is 5.48. The van der Waals surface area contributed by atoms with E-state index in [0.717, 1.165) is 36.3 Å². The van der Waals surface area contributed by atoms with E-state index in [-0.39, 0.29) is 17.9 Å². The molecule has 1 N–H and O–H groups in total. The van der Waals surface area contributed by atoms with Crippen molar-refractivity contribution in [3.63, 3.8) is 0 Å². The van der Waals surface area contributed by atoms with Crippen LogP contribution in [0.15, 0.2) is 42.5 Å². The van der Waals surface area contributed by atoms with Crippen molar-refractivity contribution in [3.05, 3.63) is 64.7 Å². The average molecular weight is 335 g/mol. The van der Waals surface area contributed by atoms with Crippen LogP contribution in [-0.4, -0.2) is 24.4 Å². The lowest BCUT2D eigenvalue weighted by Gasteiger charge is -2.29. The Kier molecular flexibility index (Phi) is 3.92. The molecule has 1 saturated heterocycles. The predicted octanol–water partition coefficient (Wildman–Crippen LogP) is 1.58. The Balaban J connectivity index is 1.60. The molecule has 0 saturated carbocycles. The molecule has 0 aliphatic carbocycles. The van der Waals surface area contributed by atoms with Crippen molar-refractivity contribution in [2.75, 3.05) is 11.4 Å². The number of amides is 2. The number of anilines is 1. The minimum absolute atomic E-state index is 0.0497. The van der Waals surface area contributed by atoms with Crippen LogP contribution in [0, 0.1) is 13.8 Å². The molecular weight excluding hydrogens is 312 g/mol. The van der Waals surface area contributed by atoms with Gasteiger partial charge in [0.1, 0.15) is 6.54 Å². The Morgan fingerprint density at radius 1 is 1.04 bits per heavy atom. The summed E-state index contributed by atoms with van der Waals surface area (Å²) in [6.45, 7) is 5.70. The number of nitrogens with zero attached hydrogens (tertiary/aromatic N) is 1. The van der Waals surface area contributed by atoms with Gasteiger partial charge in [0.2, 0.25) is 5.91 Å². The molecule has 2 aliphatic heterocycles. The topological polar surface area (TPSA) is 41.8 Å². The van der Waals surface area contributed by atoms with E-state index in [1.54, 1.807) is 0 Å². The van der Waals surface area contributed by atoms with Crippen LogP contribution in [0.4, 0.5) is 5.69 Å². The van der Waals surface area contributed by atoms with E-state index in [1.165, 1.54) is 20.9 Å². The molecule has 0 bridgehead atoms. The summed E-state index contributed by atoms with van der Waals surface area (Å²) in [5.41, 5.74) is 5.51. The summed E-state index contributed by atoms with van der Waals surface area (Å²) in [5.74, 6) is -0.125. The first kappa shape index (κ1) is 16.0. The van der Waals surface area contributed by atoms with E-state index in [1.807, 2.05) is 38.1 Å². The minimum atomic E-state index is -0.262. The number of hydrogen-bond acceptors (Lipinski definition) is 2. The van der Waals surface area contributed by atoms with Crippen molar-refractivity contribution >= 4 is 17.5 Å². The molecular formula is C21H23N2O2+. The molecule has 4 rings (SSSR count). The molecule has 0 spiro atoms. The van der Waals surface area contributed by atoms with Gasteiger partial charge in [-0.15, -0.1) is 0 Å². The number of rotatable bonds is 2. The summed E-state index contributed by atoms with van der Waals surface area (Å²) in [7, 11) is 0. The predicted molar refractivity (Wildman–Crippen MR) is 96.5 cm³/mol. The zero-order chi connectivity index (χ0) is 17.6. The number of nitrogens with one attached hydrogen (secondary N) is 1. The normalized spacial score (nSPS) is 23.0. The SMILES string of the molecule is Cc1ccc(N2C(=O)C[C@@H]([NH+]3CCc4ccccc4C3)C2=O)c(C)c1. The van der Waals surface area contributed by atoms with Gasteiger partial charge >= 0.3 is 0 Å². The van der Waals surface area contributed by atoms with Gasteiger partial charge in [-0.05, 0) is 31.0 Å². The standard InChI is InChI=1S/C21H22N2O2/c1-14-7-8-18(15(2)11-14)23-20(24)12-19(21(23)25)22-10-9-16-5-3-4-6-17(16)13-22/h3-8,11,19H,9-10,12-13H2,1-2H3/p+1/t19-/m1/s1. The van der Waals surface area contributed by atoms with E-state index in [4.69, 9.17) is 0 Å². The van der Waals surface area contributed by atoms with Gasteiger partial charge in [-0.1, -0.05) is 42.0 Å². The second-order valence-electron chi connectivity index (χ2n) is 7.22. The Morgan fingerprint density at radius 2 is 1.80 bits per heavy atom. The summed E-state index contributed by atoms with van der Waals surface area (Å²) in [6, 6.07) is 14.0. The van der Waals surface area contributed by atoms with Gasteiger partial charge in [-0.2, -0.15) is 0 Å². The highest BCUT2D eigenvalue weighted by atomic mass is 16.2. The summed E-state index contributed by atoms with van der Waals surface area (Å²) in [5, 5.41) is 0. The van der Waals surface area contributed by atoms with Crippen molar-refractivity contribution in [1.82, 2.24) is 0 Å². The van der Waals surface area contributed by atoms with Gasteiger partial charge in [0.15, 0.2) is 6.04 Å². The maximum Gasteiger partial charge on any atom is 0.292 e. The number of fused-ring (bicyclic) bond motifs is 1. The third kappa shape index (κ3) is 2.76. The first-order valence-electron chi connectivity index (χ1n) is 8.90. The second-order valence-corrected chi connectivity index (χ2v) is 7.22. The van der Waals surface area contributed by atoms with Crippen LogP contribution in [0.1, 0.15) is 28.7 Å². The van der Waals surface area contributed by atoms with Crippen molar-refractivity contribution in [3.8, 4) is 0 Å². The zero-order valence-corrected chi connectivity index (χ0v) is 14.7. The number of imide groups is 1. The third-order valence-corrected chi connectivity index (χ3v) is 5.48. The lowest BCUT2D eigenvalue weighted by atomic mass is 9.98. The van der Waals surface area contributed by atoms with E-state index in [9.17, 15) is 9.59 Å². The van der Waals surface area contributed by atoms with E-state index >= 15 is 0 Å². The van der Waals surface area contributed by atoms with E-state index in [2.05, 4.69) is 18.2 Å². The maximum atomic E-state index is 13.0. The minimum Gasteiger partial charge on any atom is -0.320 e. The summed E-state index contributed by atoms with van der Waals surface area (Å²) in [4.78, 5) is 28.3. The maximum absolute atomic E-state index is 13.0. The van der Waals surface area contributed by atoms with Gasteiger partial charge in [0.05, 0.1) is 18.7 Å². The molecule has 2 amide bonds. The van der Waals surface area contributed by atoms with Crippen molar-refractivity contribution in [2.45, 2.75) is 39.3 Å². The van der Waals surface area contributed by atoms with Gasteiger partial charge < -0.3 is 4.90 Å². The van der Waals surface area contributed by atoms with Crippen LogP contribution in [-0.2, 0) is 22.6 Å². The quantitative estimate of drug-likeness (QED) is 0.847. The molecule has 0 radical (unpaired) electrons. The monoisotopic (exact) mass is 335 g/mol. The Labute approximate surface area is 148 Å². The number of quaternary nitrogens is 1. The number of hydrogen-bond donors (Lipinski definition) is 1. The summed E-state index contributed by atoms with van der Waals surface area (Å²) in [6.07, 6.45) is 1.27.